The number of hydrogen-bond donors (Lipinski definition) is 3. The predicted molar refractivity (Wildman–Crippen MR) is 148 cm³/mol. The van der Waals surface area contributed by atoms with Gasteiger partial charge in [0.05, 0.1) is 28.3 Å². The molecule has 0 atom stereocenters. The lowest BCUT2D eigenvalue weighted by Crippen LogP contribution is -2.37. The lowest BCUT2D eigenvalue weighted by molar-refractivity contribution is -0.122. The Balaban J connectivity index is 1.42. The second kappa shape index (κ2) is 12.0. The molecule has 0 bridgehead atoms. The van der Waals surface area contributed by atoms with E-state index in [1.807, 2.05) is 4.90 Å². The van der Waals surface area contributed by atoms with E-state index in [1.165, 1.54) is 12.3 Å². The number of amides is 3. The number of pyridine rings is 1. The van der Waals surface area contributed by atoms with Crippen LogP contribution in [0.15, 0.2) is 65.8 Å². The minimum Gasteiger partial charge on any atom is -0.369 e. The topological polar surface area (TPSA) is 130 Å². The van der Waals surface area contributed by atoms with E-state index in [9.17, 15) is 14.4 Å². The maximum absolute atomic E-state index is 13.0. The summed E-state index contributed by atoms with van der Waals surface area (Å²) in [6, 6.07) is 14.6. The van der Waals surface area contributed by atoms with Gasteiger partial charge < -0.3 is 21.3 Å². The fraction of sp³-hybridized carbons (Fsp3) is 0.179. The van der Waals surface area contributed by atoms with Crippen LogP contribution in [-0.4, -0.2) is 47.0 Å². The highest BCUT2D eigenvalue weighted by Gasteiger charge is 2.21. The van der Waals surface area contributed by atoms with E-state index in [2.05, 4.69) is 26.5 Å². The van der Waals surface area contributed by atoms with Crippen molar-refractivity contribution in [2.75, 3.05) is 23.7 Å². The van der Waals surface area contributed by atoms with Crippen molar-refractivity contribution < 1.29 is 14.4 Å². The average molecular weight is 529 g/mol. The first kappa shape index (κ1) is 26.4. The van der Waals surface area contributed by atoms with Crippen molar-refractivity contribution >= 4 is 52.9 Å². The highest BCUT2D eigenvalue weighted by molar-refractivity contribution is 6.30. The number of halogens is 1. The Bertz CT molecular complexity index is 1410. The second-order valence-corrected chi connectivity index (χ2v) is 9.12. The van der Waals surface area contributed by atoms with Crippen LogP contribution in [0.25, 0.3) is 0 Å². The van der Waals surface area contributed by atoms with Crippen molar-refractivity contribution in [1.82, 2.24) is 9.88 Å². The molecule has 4 N–H and O–H groups in total. The first-order valence-electron chi connectivity index (χ1n) is 11.8. The molecule has 3 amide bonds. The first-order chi connectivity index (χ1) is 18.3. The molecule has 4 rings (SSSR count). The minimum absolute atomic E-state index is 0.0825. The summed E-state index contributed by atoms with van der Waals surface area (Å²) < 4.78 is 0. The van der Waals surface area contributed by atoms with Crippen LogP contribution in [0.2, 0.25) is 5.02 Å². The molecule has 9 nitrogen and oxygen atoms in total. The highest BCUT2D eigenvalue weighted by Crippen LogP contribution is 2.22. The molecule has 1 saturated heterocycles. The molecule has 0 saturated carbocycles. The van der Waals surface area contributed by atoms with Crippen LogP contribution in [0.5, 0.6) is 0 Å². The van der Waals surface area contributed by atoms with E-state index in [1.54, 1.807) is 54.9 Å². The number of primary amides is 1. The number of rotatable bonds is 7. The van der Waals surface area contributed by atoms with Gasteiger partial charge in [-0.2, -0.15) is 0 Å². The summed E-state index contributed by atoms with van der Waals surface area (Å²) in [5.74, 6) is 1.56. The van der Waals surface area contributed by atoms with Gasteiger partial charge in [0.25, 0.3) is 11.8 Å². The molecule has 2 aromatic carbocycles. The van der Waals surface area contributed by atoms with Gasteiger partial charge in [0.2, 0.25) is 5.91 Å². The van der Waals surface area contributed by atoms with Crippen molar-refractivity contribution in [2.24, 2.45) is 16.6 Å². The molecule has 0 spiro atoms. The van der Waals surface area contributed by atoms with E-state index in [-0.39, 0.29) is 17.4 Å². The number of piperidine rings is 1. The number of terminal acetylenes is 1. The Hall–Kier alpha value is -4.68. The summed E-state index contributed by atoms with van der Waals surface area (Å²) in [5.41, 5.74) is 7.40. The summed E-state index contributed by atoms with van der Waals surface area (Å²) in [6.07, 6.45) is 10.1. The number of anilines is 2. The summed E-state index contributed by atoms with van der Waals surface area (Å²) in [5, 5.41) is 5.89. The van der Waals surface area contributed by atoms with Crippen LogP contribution in [0.4, 0.5) is 17.2 Å². The maximum Gasteiger partial charge on any atom is 0.258 e. The quantitative estimate of drug-likeness (QED) is 0.242. The normalized spacial score (nSPS) is 13.6. The smallest absolute Gasteiger partial charge is 0.258 e. The van der Waals surface area contributed by atoms with E-state index < -0.39 is 11.8 Å². The number of likely N-dealkylation sites (tertiary alicyclic amines) is 1. The molecule has 3 aromatic rings. The van der Waals surface area contributed by atoms with Gasteiger partial charge in [-0.05, 0) is 67.4 Å². The highest BCUT2D eigenvalue weighted by atomic mass is 35.5. The number of carbonyl (C=O) groups is 3. The summed E-state index contributed by atoms with van der Waals surface area (Å²) in [7, 11) is 0. The van der Waals surface area contributed by atoms with Gasteiger partial charge in [0.1, 0.15) is 5.82 Å². The van der Waals surface area contributed by atoms with Crippen molar-refractivity contribution in [3.63, 3.8) is 0 Å². The van der Waals surface area contributed by atoms with E-state index in [0.29, 0.717) is 59.3 Å². The molecule has 0 radical (unpaired) electrons. The Morgan fingerprint density at radius 2 is 1.79 bits per heavy atom. The Labute approximate surface area is 225 Å². The van der Waals surface area contributed by atoms with Crippen LogP contribution < -0.4 is 16.4 Å². The number of aromatic nitrogens is 1. The molecule has 1 aromatic heterocycles. The third-order valence-electron chi connectivity index (χ3n) is 6.08. The summed E-state index contributed by atoms with van der Waals surface area (Å²) in [4.78, 5) is 47.8. The van der Waals surface area contributed by atoms with Gasteiger partial charge in [-0.1, -0.05) is 17.5 Å². The fourth-order valence-electron chi connectivity index (χ4n) is 3.91. The van der Waals surface area contributed by atoms with Crippen LogP contribution >= 0.6 is 11.6 Å². The predicted octanol–water partition coefficient (Wildman–Crippen LogP) is 4.08. The minimum atomic E-state index is -0.489. The van der Waals surface area contributed by atoms with Crippen LogP contribution in [-0.2, 0) is 4.79 Å². The zero-order chi connectivity index (χ0) is 27.1. The van der Waals surface area contributed by atoms with Crippen LogP contribution in [0.1, 0.15) is 39.1 Å². The lowest BCUT2D eigenvalue weighted by Gasteiger charge is -2.28. The van der Waals surface area contributed by atoms with Crippen molar-refractivity contribution in [2.45, 2.75) is 12.8 Å². The third kappa shape index (κ3) is 6.75. The third-order valence-corrected chi connectivity index (χ3v) is 6.30. The fourth-order valence-corrected chi connectivity index (χ4v) is 4.02. The number of nitrogens with two attached hydrogens (primary N) is 1. The Morgan fingerprint density at radius 1 is 1.05 bits per heavy atom. The molecule has 2 heterocycles. The van der Waals surface area contributed by atoms with Gasteiger partial charge in [-0.15, -0.1) is 6.42 Å². The largest absolute Gasteiger partial charge is 0.369 e. The molecule has 0 aliphatic carbocycles. The molecule has 38 heavy (non-hydrogen) atoms. The average Bonchev–Trinajstić information content (AvgIpc) is 2.93. The molecular weight excluding hydrogens is 504 g/mol. The van der Waals surface area contributed by atoms with Crippen LogP contribution in [0.3, 0.4) is 0 Å². The number of benzene rings is 2. The summed E-state index contributed by atoms with van der Waals surface area (Å²) in [6.45, 7) is 1.42. The number of aliphatic imine (C=N–C) groups is 1. The SMILES string of the molecule is C#Cc1ccc(NC(=O)c2ccc(N=CN3CCC(C(N)=O)CC3)cc2)c(C(=O)Nc2ccc(Cl)cn2)c1. The Morgan fingerprint density at radius 3 is 2.42 bits per heavy atom. The number of nitrogens with one attached hydrogen (secondary N) is 2. The molecule has 1 aliphatic heterocycles. The van der Waals surface area contributed by atoms with Crippen molar-refractivity contribution in [1.29, 1.82) is 0 Å². The van der Waals surface area contributed by atoms with Crippen molar-refractivity contribution in [3.8, 4) is 12.3 Å². The van der Waals surface area contributed by atoms with Crippen molar-refractivity contribution in [3.05, 3.63) is 82.5 Å². The zero-order valence-electron chi connectivity index (χ0n) is 20.4. The van der Waals surface area contributed by atoms with Gasteiger partial charge in [-0.3, -0.25) is 14.4 Å². The standard InChI is InChI=1S/C28H25ClN6O3/c1-2-18-3-9-24(23(15-18)28(38)34-25-10-6-21(29)16-31-25)33-27(37)20-4-7-22(8-5-20)32-17-35-13-11-19(12-14-35)26(30)36/h1,3-10,15-17,19H,11-14H2,(H2,30,36)(H,33,37)(H,31,34,38). The van der Waals surface area contributed by atoms with E-state index >= 15 is 0 Å². The zero-order valence-corrected chi connectivity index (χ0v) is 21.1. The molecule has 10 heteroatoms. The number of hydrogen-bond acceptors (Lipinski definition) is 5. The lowest BCUT2D eigenvalue weighted by atomic mass is 9.97. The molecular formula is C28H25ClN6O3. The number of nitrogens with zero attached hydrogens (tertiary/aromatic N) is 3. The van der Waals surface area contributed by atoms with Gasteiger partial charge >= 0.3 is 0 Å². The molecule has 1 aliphatic rings. The maximum atomic E-state index is 13.0. The molecule has 0 unspecified atom stereocenters. The van der Waals surface area contributed by atoms with Crippen LogP contribution in [0, 0.1) is 18.3 Å². The van der Waals surface area contributed by atoms with E-state index in [4.69, 9.17) is 23.8 Å². The first-order valence-corrected chi connectivity index (χ1v) is 12.2. The number of carbonyl (C=O) groups excluding carboxylic acids is 3. The van der Waals surface area contributed by atoms with E-state index in [0.717, 1.165) is 0 Å². The molecule has 192 valence electrons. The second-order valence-electron chi connectivity index (χ2n) is 8.68. The molecule has 1 fully saturated rings. The van der Waals surface area contributed by atoms with Gasteiger partial charge in [0, 0.05) is 36.3 Å². The Kier molecular flexibility index (Phi) is 8.36. The monoisotopic (exact) mass is 528 g/mol. The van der Waals surface area contributed by atoms with Gasteiger partial charge in [-0.25, -0.2) is 9.98 Å². The van der Waals surface area contributed by atoms with Gasteiger partial charge in [0.15, 0.2) is 0 Å². The summed E-state index contributed by atoms with van der Waals surface area (Å²) >= 11 is 5.85.